The van der Waals surface area contributed by atoms with Crippen LogP contribution < -0.4 is 10.0 Å². The van der Waals surface area contributed by atoms with E-state index in [4.69, 9.17) is 0 Å². The van der Waals surface area contributed by atoms with Gasteiger partial charge in [0.1, 0.15) is 0 Å². The maximum absolute atomic E-state index is 11.7. The van der Waals surface area contributed by atoms with Crippen molar-refractivity contribution < 1.29 is 8.42 Å². The van der Waals surface area contributed by atoms with Crippen LogP contribution in [0.15, 0.2) is 29.2 Å². The number of sulfonamides is 1. The summed E-state index contributed by atoms with van der Waals surface area (Å²) < 4.78 is 26.1. The Balaban J connectivity index is 1.98. The van der Waals surface area contributed by atoms with Gasteiger partial charge in [-0.1, -0.05) is 12.1 Å². The van der Waals surface area contributed by atoms with Crippen LogP contribution in [0.2, 0.25) is 0 Å². The molecule has 0 saturated carbocycles. The van der Waals surface area contributed by atoms with Crippen LogP contribution in [0, 0.1) is 0 Å². The number of benzene rings is 1. The predicted octanol–water partition coefficient (Wildman–Crippen LogP) is 2.53. The molecular weight excluding hydrogens is 304 g/mol. The van der Waals surface area contributed by atoms with Crippen LogP contribution in [0.25, 0.3) is 0 Å². The molecule has 0 unspecified atom stereocenters. The highest BCUT2D eigenvalue weighted by Crippen LogP contribution is 2.37. The van der Waals surface area contributed by atoms with Crippen molar-refractivity contribution in [2.24, 2.45) is 0 Å². The molecule has 0 aromatic heterocycles. The second-order valence-electron chi connectivity index (χ2n) is 5.78. The summed E-state index contributed by atoms with van der Waals surface area (Å²) in [4.78, 5) is 0.305. The summed E-state index contributed by atoms with van der Waals surface area (Å²) in [5.41, 5.74) is 1.11. The molecule has 0 aliphatic carbocycles. The monoisotopic (exact) mass is 328 g/mol. The molecule has 1 fully saturated rings. The first-order valence-electron chi connectivity index (χ1n) is 7.27. The standard InChI is InChI=1S/C15H24N2O2S2/c1-12(17-11-15(2)9-4-10-20-15)13-5-7-14(8-6-13)21(18,19)16-3/h5-8,12,16-17H,4,9-11H2,1-3H3/t12-,15+/m1/s1. The van der Waals surface area contributed by atoms with Crippen molar-refractivity contribution in [3.05, 3.63) is 29.8 Å². The van der Waals surface area contributed by atoms with Crippen LogP contribution in [0.5, 0.6) is 0 Å². The van der Waals surface area contributed by atoms with Gasteiger partial charge in [0.2, 0.25) is 10.0 Å². The number of hydrogen-bond acceptors (Lipinski definition) is 4. The summed E-state index contributed by atoms with van der Waals surface area (Å²) in [6.45, 7) is 5.41. The molecule has 0 bridgehead atoms. The highest BCUT2D eigenvalue weighted by atomic mass is 32.2. The molecule has 1 heterocycles. The van der Waals surface area contributed by atoms with Crippen LogP contribution >= 0.6 is 11.8 Å². The molecule has 2 N–H and O–H groups in total. The van der Waals surface area contributed by atoms with E-state index in [1.54, 1.807) is 12.1 Å². The van der Waals surface area contributed by atoms with Gasteiger partial charge in [-0.3, -0.25) is 0 Å². The summed E-state index contributed by atoms with van der Waals surface area (Å²) >= 11 is 2.04. The Kier molecular flexibility index (Phi) is 5.35. The normalized spacial score (nSPS) is 24.1. The molecule has 1 aliphatic heterocycles. The first-order valence-corrected chi connectivity index (χ1v) is 9.74. The minimum absolute atomic E-state index is 0.217. The number of rotatable bonds is 6. The summed E-state index contributed by atoms with van der Waals surface area (Å²) in [6, 6.07) is 7.30. The van der Waals surface area contributed by atoms with Crippen LogP contribution in [0.1, 0.15) is 38.3 Å². The number of nitrogens with one attached hydrogen (secondary N) is 2. The van der Waals surface area contributed by atoms with E-state index in [0.29, 0.717) is 9.64 Å². The average molecular weight is 329 g/mol. The van der Waals surface area contributed by atoms with Crippen LogP contribution in [0.3, 0.4) is 0 Å². The van der Waals surface area contributed by atoms with Gasteiger partial charge >= 0.3 is 0 Å². The Morgan fingerprint density at radius 3 is 2.52 bits per heavy atom. The van der Waals surface area contributed by atoms with Crippen molar-refractivity contribution in [2.45, 2.75) is 42.4 Å². The van der Waals surface area contributed by atoms with Gasteiger partial charge in [-0.25, -0.2) is 13.1 Å². The van der Waals surface area contributed by atoms with Gasteiger partial charge in [0.25, 0.3) is 0 Å². The van der Waals surface area contributed by atoms with Crippen molar-refractivity contribution in [3.8, 4) is 0 Å². The Bertz CT molecular complexity index is 564. The molecule has 1 saturated heterocycles. The molecule has 1 aromatic rings. The lowest BCUT2D eigenvalue weighted by Crippen LogP contribution is -2.34. The molecule has 6 heteroatoms. The Morgan fingerprint density at radius 1 is 1.33 bits per heavy atom. The lowest BCUT2D eigenvalue weighted by Gasteiger charge is -2.26. The molecule has 1 aromatic carbocycles. The van der Waals surface area contributed by atoms with E-state index in [2.05, 4.69) is 23.9 Å². The Morgan fingerprint density at radius 2 is 2.00 bits per heavy atom. The predicted molar refractivity (Wildman–Crippen MR) is 89.2 cm³/mol. The van der Waals surface area contributed by atoms with E-state index < -0.39 is 10.0 Å². The third-order valence-corrected chi connectivity index (χ3v) is 7.01. The molecule has 2 rings (SSSR count). The topological polar surface area (TPSA) is 58.2 Å². The number of hydrogen-bond donors (Lipinski definition) is 2. The molecule has 0 spiro atoms. The van der Waals surface area contributed by atoms with Crippen LogP contribution in [-0.4, -0.2) is 32.5 Å². The SMILES string of the molecule is CNS(=O)(=O)c1ccc([C@@H](C)NC[C@]2(C)CCCS2)cc1. The Labute approximate surface area is 132 Å². The van der Waals surface area contributed by atoms with E-state index in [1.807, 2.05) is 23.9 Å². The second kappa shape index (κ2) is 6.69. The first-order chi connectivity index (χ1) is 9.86. The summed E-state index contributed by atoms with van der Waals surface area (Å²) in [5.74, 6) is 1.25. The smallest absolute Gasteiger partial charge is 0.240 e. The van der Waals surface area contributed by atoms with Crippen molar-refractivity contribution in [2.75, 3.05) is 19.3 Å². The van der Waals surface area contributed by atoms with Gasteiger partial charge in [-0.15, -0.1) is 0 Å². The van der Waals surface area contributed by atoms with Gasteiger partial charge in [0, 0.05) is 17.3 Å². The maximum atomic E-state index is 11.7. The maximum Gasteiger partial charge on any atom is 0.240 e. The zero-order valence-electron chi connectivity index (χ0n) is 12.8. The van der Waals surface area contributed by atoms with Crippen molar-refractivity contribution in [3.63, 3.8) is 0 Å². The average Bonchev–Trinajstić information content (AvgIpc) is 2.92. The minimum Gasteiger partial charge on any atom is -0.309 e. The first kappa shape index (κ1) is 16.8. The van der Waals surface area contributed by atoms with Gasteiger partial charge in [-0.2, -0.15) is 11.8 Å². The lowest BCUT2D eigenvalue weighted by molar-refractivity contribution is 0.490. The highest BCUT2D eigenvalue weighted by Gasteiger charge is 2.29. The third-order valence-electron chi connectivity index (χ3n) is 4.04. The minimum atomic E-state index is -3.35. The van der Waals surface area contributed by atoms with Gasteiger partial charge < -0.3 is 5.32 Å². The Hall–Kier alpha value is -0.560. The highest BCUT2D eigenvalue weighted by molar-refractivity contribution is 8.00. The molecular formula is C15H24N2O2S2. The van der Waals surface area contributed by atoms with E-state index in [1.165, 1.54) is 25.6 Å². The molecule has 0 amide bonds. The molecule has 21 heavy (non-hydrogen) atoms. The fourth-order valence-electron chi connectivity index (χ4n) is 2.52. The molecule has 118 valence electrons. The number of thioether (sulfide) groups is 1. The third kappa shape index (κ3) is 4.22. The zero-order chi connectivity index (χ0) is 15.5. The molecule has 1 aliphatic rings. The van der Waals surface area contributed by atoms with Gasteiger partial charge in [0.05, 0.1) is 4.90 Å². The van der Waals surface area contributed by atoms with Crippen molar-refractivity contribution in [1.29, 1.82) is 0 Å². The molecule has 0 radical (unpaired) electrons. The van der Waals surface area contributed by atoms with Crippen LogP contribution in [-0.2, 0) is 10.0 Å². The fraction of sp³-hybridized carbons (Fsp3) is 0.600. The molecule has 2 atom stereocenters. The van der Waals surface area contributed by atoms with Crippen molar-refractivity contribution >= 4 is 21.8 Å². The van der Waals surface area contributed by atoms with Gasteiger partial charge in [0.15, 0.2) is 0 Å². The molecule has 4 nitrogen and oxygen atoms in total. The lowest BCUT2D eigenvalue weighted by atomic mass is 10.0. The zero-order valence-corrected chi connectivity index (χ0v) is 14.5. The van der Waals surface area contributed by atoms with Gasteiger partial charge in [-0.05, 0) is 57.2 Å². The van der Waals surface area contributed by atoms with E-state index >= 15 is 0 Å². The van der Waals surface area contributed by atoms with E-state index in [-0.39, 0.29) is 6.04 Å². The largest absolute Gasteiger partial charge is 0.309 e. The summed E-state index contributed by atoms with van der Waals surface area (Å²) in [5, 5.41) is 3.57. The summed E-state index contributed by atoms with van der Waals surface area (Å²) in [7, 11) is -1.93. The second-order valence-corrected chi connectivity index (χ2v) is 9.35. The quantitative estimate of drug-likeness (QED) is 0.842. The van der Waals surface area contributed by atoms with Crippen molar-refractivity contribution in [1.82, 2.24) is 10.0 Å². The van der Waals surface area contributed by atoms with E-state index in [0.717, 1.165) is 12.1 Å². The fourth-order valence-corrected chi connectivity index (χ4v) is 4.50. The van der Waals surface area contributed by atoms with E-state index in [9.17, 15) is 8.42 Å². The summed E-state index contributed by atoms with van der Waals surface area (Å²) in [6.07, 6.45) is 2.56. The van der Waals surface area contributed by atoms with Crippen LogP contribution in [0.4, 0.5) is 0 Å².